The second-order valence-electron chi connectivity index (χ2n) is 7.41. The lowest BCUT2D eigenvalue weighted by atomic mass is 9.79. The Labute approximate surface area is 166 Å². The Kier molecular flexibility index (Phi) is 6.10. The zero-order valence-electron chi connectivity index (χ0n) is 16.0. The molecule has 8 heteroatoms. The fourth-order valence-corrected chi connectivity index (χ4v) is 3.21. The summed E-state index contributed by atoms with van der Waals surface area (Å²) >= 11 is 0. The van der Waals surface area contributed by atoms with Gasteiger partial charge in [0.1, 0.15) is 17.5 Å². The monoisotopic (exact) mass is 405 g/mol. The van der Waals surface area contributed by atoms with Gasteiger partial charge in [0.2, 0.25) is 5.91 Å². The van der Waals surface area contributed by atoms with Crippen molar-refractivity contribution in [2.45, 2.75) is 26.3 Å². The Balaban J connectivity index is 1.52. The Morgan fingerprint density at radius 1 is 1.00 bits per heavy atom. The standard InChI is InChI=1S/C21H22F3N3O2/c1-21(19(28)25-13-14-2-4-15(22)5-3-14)8-10-27(11-9-21)20(29)26-18-7-6-16(23)12-17(18)24/h2-7,12H,8-11,13H2,1H3,(H,25,28)(H,26,29). The smallest absolute Gasteiger partial charge is 0.321 e. The third-order valence-electron chi connectivity index (χ3n) is 5.24. The first kappa shape index (κ1) is 20.7. The van der Waals surface area contributed by atoms with Gasteiger partial charge in [0.05, 0.1) is 5.69 Å². The molecule has 0 radical (unpaired) electrons. The zero-order chi connectivity index (χ0) is 21.0. The lowest BCUT2D eigenvalue weighted by Crippen LogP contribution is -2.49. The van der Waals surface area contributed by atoms with Crippen LogP contribution in [0.3, 0.4) is 0 Å². The van der Waals surface area contributed by atoms with Gasteiger partial charge in [-0.05, 0) is 42.7 Å². The van der Waals surface area contributed by atoms with E-state index in [1.54, 1.807) is 12.1 Å². The second-order valence-corrected chi connectivity index (χ2v) is 7.41. The number of nitrogens with one attached hydrogen (secondary N) is 2. The highest BCUT2D eigenvalue weighted by Crippen LogP contribution is 2.31. The molecule has 1 aliphatic heterocycles. The van der Waals surface area contributed by atoms with Gasteiger partial charge < -0.3 is 15.5 Å². The third kappa shape index (κ3) is 5.07. The average Bonchev–Trinajstić information content (AvgIpc) is 2.70. The molecule has 3 rings (SSSR count). The molecule has 2 aromatic rings. The van der Waals surface area contributed by atoms with Crippen LogP contribution in [0.2, 0.25) is 0 Å². The van der Waals surface area contributed by atoms with Crippen molar-refractivity contribution in [2.75, 3.05) is 18.4 Å². The molecule has 1 heterocycles. The largest absolute Gasteiger partial charge is 0.352 e. The highest BCUT2D eigenvalue weighted by atomic mass is 19.1. The number of piperidine rings is 1. The van der Waals surface area contributed by atoms with Gasteiger partial charge in [-0.15, -0.1) is 0 Å². The van der Waals surface area contributed by atoms with E-state index in [0.29, 0.717) is 38.5 Å². The minimum absolute atomic E-state index is 0.0956. The van der Waals surface area contributed by atoms with E-state index in [9.17, 15) is 22.8 Å². The van der Waals surface area contributed by atoms with Crippen molar-refractivity contribution < 1.29 is 22.8 Å². The molecule has 2 N–H and O–H groups in total. The van der Waals surface area contributed by atoms with Crippen molar-refractivity contribution in [3.05, 3.63) is 65.5 Å². The molecular formula is C21H22F3N3O2. The number of urea groups is 1. The van der Waals surface area contributed by atoms with E-state index in [4.69, 9.17) is 0 Å². The summed E-state index contributed by atoms with van der Waals surface area (Å²) in [6, 6.07) is 8.34. The summed E-state index contributed by atoms with van der Waals surface area (Å²) in [4.78, 5) is 26.5. The maximum Gasteiger partial charge on any atom is 0.321 e. The molecule has 1 saturated heterocycles. The number of benzene rings is 2. The second kappa shape index (κ2) is 8.55. The van der Waals surface area contributed by atoms with Gasteiger partial charge in [-0.3, -0.25) is 4.79 Å². The molecule has 3 amide bonds. The fourth-order valence-electron chi connectivity index (χ4n) is 3.21. The Bertz CT molecular complexity index is 895. The van der Waals surface area contributed by atoms with Crippen LogP contribution in [-0.2, 0) is 11.3 Å². The number of halogens is 3. The topological polar surface area (TPSA) is 61.4 Å². The Morgan fingerprint density at radius 2 is 1.62 bits per heavy atom. The van der Waals surface area contributed by atoms with E-state index in [0.717, 1.165) is 11.6 Å². The number of carbonyl (C=O) groups excluding carboxylic acids is 2. The Morgan fingerprint density at radius 3 is 2.24 bits per heavy atom. The number of amides is 3. The molecule has 0 saturated carbocycles. The molecule has 0 aliphatic carbocycles. The van der Waals surface area contributed by atoms with Crippen LogP contribution in [0.1, 0.15) is 25.3 Å². The van der Waals surface area contributed by atoms with Crippen molar-refractivity contribution in [1.29, 1.82) is 0 Å². The molecule has 0 bridgehead atoms. The minimum atomic E-state index is -0.847. The molecule has 2 aromatic carbocycles. The van der Waals surface area contributed by atoms with Crippen LogP contribution < -0.4 is 10.6 Å². The molecule has 1 aliphatic rings. The van der Waals surface area contributed by atoms with Crippen molar-refractivity contribution in [1.82, 2.24) is 10.2 Å². The van der Waals surface area contributed by atoms with Crippen molar-refractivity contribution >= 4 is 17.6 Å². The first-order chi connectivity index (χ1) is 13.8. The van der Waals surface area contributed by atoms with Crippen LogP contribution in [0.4, 0.5) is 23.7 Å². The predicted octanol–water partition coefficient (Wildman–Crippen LogP) is 4.05. The number of nitrogens with zero attached hydrogens (tertiary/aromatic N) is 1. The Hall–Kier alpha value is -3.03. The van der Waals surface area contributed by atoms with E-state index < -0.39 is 23.1 Å². The molecule has 154 valence electrons. The molecule has 0 atom stereocenters. The van der Waals surface area contributed by atoms with Crippen molar-refractivity contribution in [2.24, 2.45) is 5.41 Å². The normalized spacial score (nSPS) is 15.7. The van der Waals surface area contributed by atoms with Gasteiger partial charge in [-0.1, -0.05) is 19.1 Å². The zero-order valence-corrected chi connectivity index (χ0v) is 16.0. The van der Waals surface area contributed by atoms with Gasteiger partial charge in [-0.25, -0.2) is 18.0 Å². The van der Waals surface area contributed by atoms with Crippen molar-refractivity contribution in [3.8, 4) is 0 Å². The van der Waals surface area contributed by atoms with Crippen LogP contribution in [0.25, 0.3) is 0 Å². The summed E-state index contributed by atoms with van der Waals surface area (Å²) in [6.45, 7) is 2.79. The number of hydrogen-bond acceptors (Lipinski definition) is 2. The average molecular weight is 405 g/mol. The molecule has 0 spiro atoms. The summed E-state index contributed by atoms with van der Waals surface area (Å²) in [6.07, 6.45) is 0.892. The quantitative estimate of drug-likeness (QED) is 0.806. The molecular weight excluding hydrogens is 383 g/mol. The van der Waals surface area contributed by atoms with Gasteiger partial charge in [0, 0.05) is 31.1 Å². The summed E-state index contributed by atoms with van der Waals surface area (Å²) < 4.78 is 39.6. The van der Waals surface area contributed by atoms with Gasteiger partial charge in [-0.2, -0.15) is 0 Å². The third-order valence-corrected chi connectivity index (χ3v) is 5.24. The van der Waals surface area contributed by atoms with E-state index in [1.807, 2.05) is 6.92 Å². The summed E-state index contributed by atoms with van der Waals surface area (Å²) in [5.74, 6) is -2.04. The highest BCUT2D eigenvalue weighted by Gasteiger charge is 2.38. The first-order valence-electron chi connectivity index (χ1n) is 9.30. The van der Waals surface area contributed by atoms with Crippen molar-refractivity contribution in [3.63, 3.8) is 0 Å². The molecule has 0 aromatic heterocycles. The van der Waals surface area contributed by atoms with Gasteiger partial charge in [0.25, 0.3) is 0 Å². The maximum absolute atomic E-state index is 13.7. The van der Waals surface area contributed by atoms with Crippen LogP contribution in [-0.4, -0.2) is 29.9 Å². The lowest BCUT2D eigenvalue weighted by Gasteiger charge is -2.38. The van der Waals surface area contributed by atoms with Crippen LogP contribution in [0.5, 0.6) is 0 Å². The lowest BCUT2D eigenvalue weighted by molar-refractivity contribution is -0.132. The molecule has 1 fully saturated rings. The van der Waals surface area contributed by atoms with Crippen LogP contribution in [0.15, 0.2) is 42.5 Å². The maximum atomic E-state index is 13.7. The van der Waals surface area contributed by atoms with Crippen LogP contribution in [0, 0.1) is 22.9 Å². The molecule has 29 heavy (non-hydrogen) atoms. The van der Waals surface area contributed by atoms with E-state index >= 15 is 0 Å². The van der Waals surface area contributed by atoms with E-state index in [2.05, 4.69) is 10.6 Å². The summed E-state index contributed by atoms with van der Waals surface area (Å²) in [5.41, 5.74) is 0.0565. The first-order valence-corrected chi connectivity index (χ1v) is 9.30. The number of anilines is 1. The minimum Gasteiger partial charge on any atom is -0.352 e. The van der Waals surface area contributed by atoms with Gasteiger partial charge in [0.15, 0.2) is 0 Å². The predicted molar refractivity (Wildman–Crippen MR) is 103 cm³/mol. The van der Waals surface area contributed by atoms with E-state index in [-0.39, 0.29) is 17.4 Å². The highest BCUT2D eigenvalue weighted by molar-refractivity contribution is 5.90. The number of likely N-dealkylation sites (tertiary alicyclic amines) is 1. The summed E-state index contributed by atoms with van der Waals surface area (Å²) in [5, 5.41) is 5.29. The number of carbonyl (C=O) groups is 2. The fraction of sp³-hybridized carbons (Fsp3) is 0.333. The van der Waals surface area contributed by atoms with Crippen LogP contribution >= 0.6 is 0 Å². The number of hydrogen-bond donors (Lipinski definition) is 2. The van der Waals surface area contributed by atoms with E-state index in [1.165, 1.54) is 23.1 Å². The molecule has 0 unspecified atom stereocenters. The molecule has 5 nitrogen and oxygen atoms in total. The van der Waals surface area contributed by atoms with Gasteiger partial charge >= 0.3 is 6.03 Å². The number of rotatable bonds is 4. The SMILES string of the molecule is CC1(C(=O)NCc2ccc(F)cc2)CCN(C(=O)Nc2ccc(F)cc2F)CC1. The summed E-state index contributed by atoms with van der Waals surface area (Å²) in [7, 11) is 0.